The van der Waals surface area contributed by atoms with Gasteiger partial charge in [-0.1, -0.05) is 52.2 Å². The predicted octanol–water partition coefficient (Wildman–Crippen LogP) is 2.84. The zero-order chi connectivity index (χ0) is 15.1. The van der Waals surface area contributed by atoms with Gasteiger partial charge in [0.05, 0.1) is 0 Å². The number of primary amides is 1. The SMILES string of the molecule is CCCCCN(CCCCC)OC(N)=S.NC(=O)S. The van der Waals surface area contributed by atoms with Gasteiger partial charge in [0.15, 0.2) is 0 Å². The molecular weight excluding hydrogens is 282 g/mol. The zero-order valence-electron chi connectivity index (χ0n) is 11.9. The van der Waals surface area contributed by atoms with Gasteiger partial charge in [-0.2, -0.15) is 0 Å². The summed E-state index contributed by atoms with van der Waals surface area (Å²) in [6.07, 6.45) is 7.18. The van der Waals surface area contributed by atoms with Crippen LogP contribution in [0.1, 0.15) is 52.4 Å². The largest absolute Gasteiger partial charge is 0.376 e. The maximum absolute atomic E-state index is 9.09. The highest BCUT2D eigenvalue weighted by atomic mass is 32.1. The van der Waals surface area contributed by atoms with Gasteiger partial charge in [-0.15, -0.1) is 5.06 Å². The first-order valence-corrected chi connectivity index (χ1v) is 7.50. The summed E-state index contributed by atoms with van der Waals surface area (Å²) >= 11 is 7.85. The molecule has 0 bridgehead atoms. The third-order valence-electron chi connectivity index (χ3n) is 2.24. The zero-order valence-corrected chi connectivity index (χ0v) is 13.6. The van der Waals surface area contributed by atoms with E-state index in [4.69, 9.17) is 27.6 Å². The highest BCUT2D eigenvalue weighted by Gasteiger charge is 2.06. The summed E-state index contributed by atoms with van der Waals surface area (Å²) in [5.74, 6) is 0. The van der Waals surface area contributed by atoms with Gasteiger partial charge in [0.2, 0.25) is 0 Å². The summed E-state index contributed by atoms with van der Waals surface area (Å²) in [4.78, 5) is 14.4. The quantitative estimate of drug-likeness (QED) is 0.264. The Kier molecular flexibility index (Phi) is 17.0. The van der Waals surface area contributed by atoms with Gasteiger partial charge < -0.3 is 16.3 Å². The van der Waals surface area contributed by atoms with Crippen LogP contribution in [-0.2, 0) is 4.84 Å². The lowest BCUT2D eigenvalue weighted by Crippen LogP contribution is -2.31. The highest BCUT2D eigenvalue weighted by molar-refractivity contribution is 7.96. The van der Waals surface area contributed by atoms with E-state index < -0.39 is 5.24 Å². The van der Waals surface area contributed by atoms with Crippen LogP contribution in [0.3, 0.4) is 0 Å². The smallest absolute Gasteiger partial charge is 0.276 e. The molecule has 0 spiro atoms. The fraction of sp³-hybridized carbons (Fsp3) is 0.833. The monoisotopic (exact) mass is 309 g/mol. The van der Waals surface area contributed by atoms with Gasteiger partial charge in [-0.3, -0.25) is 4.79 Å². The van der Waals surface area contributed by atoms with Crippen molar-refractivity contribution in [1.82, 2.24) is 5.06 Å². The van der Waals surface area contributed by atoms with E-state index in [2.05, 4.69) is 32.2 Å². The fourth-order valence-electron chi connectivity index (χ4n) is 1.41. The van der Waals surface area contributed by atoms with Crippen molar-refractivity contribution in [2.24, 2.45) is 11.5 Å². The van der Waals surface area contributed by atoms with Gasteiger partial charge in [-0.05, 0) is 25.1 Å². The minimum absolute atomic E-state index is 0.128. The Morgan fingerprint density at radius 1 is 1.11 bits per heavy atom. The summed E-state index contributed by atoms with van der Waals surface area (Å²) in [5, 5.41) is 1.39. The molecule has 4 N–H and O–H groups in total. The molecule has 0 atom stereocenters. The molecule has 114 valence electrons. The number of nitrogens with zero attached hydrogens (tertiary/aromatic N) is 1. The highest BCUT2D eigenvalue weighted by Crippen LogP contribution is 2.03. The Morgan fingerprint density at radius 2 is 1.47 bits per heavy atom. The molecule has 0 fully saturated rings. The van der Waals surface area contributed by atoms with Gasteiger partial charge >= 0.3 is 0 Å². The van der Waals surface area contributed by atoms with Crippen LogP contribution in [0, 0.1) is 0 Å². The minimum Gasteiger partial charge on any atom is -0.376 e. The van der Waals surface area contributed by atoms with Crippen LogP contribution in [0.15, 0.2) is 0 Å². The number of hydrogen-bond acceptors (Lipinski definition) is 4. The van der Waals surface area contributed by atoms with Gasteiger partial charge in [-0.25, -0.2) is 0 Å². The van der Waals surface area contributed by atoms with Crippen LogP contribution >= 0.6 is 24.8 Å². The minimum atomic E-state index is -0.639. The van der Waals surface area contributed by atoms with E-state index in [1.165, 1.54) is 25.7 Å². The van der Waals surface area contributed by atoms with Crippen LogP contribution in [-0.4, -0.2) is 28.6 Å². The number of nitrogens with two attached hydrogens (primary N) is 2. The van der Waals surface area contributed by atoms with E-state index in [1.807, 2.05) is 5.06 Å². The molecule has 0 aromatic rings. The maximum Gasteiger partial charge on any atom is 0.276 e. The first-order chi connectivity index (χ1) is 8.93. The molecule has 0 heterocycles. The van der Waals surface area contributed by atoms with Crippen LogP contribution < -0.4 is 11.5 Å². The van der Waals surface area contributed by atoms with Crippen LogP contribution in [0.5, 0.6) is 0 Å². The topological polar surface area (TPSA) is 81.6 Å². The van der Waals surface area contributed by atoms with Crippen LogP contribution in [0.25, 0.3) is 0 Å². The van der Waals surface area contributed by atoms with Crippen molar-refractivity contribution in [1.29, 1.82) is 0 Å². The summed E-state index contributed by atoms with van der Waals surface area (Å²) < 4.78 is 0. The third-order valence-corrected chi connectivity index (χ3v) is 2.32. The number of amides is 1. The number of unbranched alkanes of at least 4 members (excludes halogenated alkanes) is 4. The second kappa shape index (κ2) is 15.5. The van der Waals surface area contributed by atoms with Gasteiger partial charge in [0.25, 0.3) is 10.4 Å². The van der Waals surface area contributed by atoms with Crippen molar-refractivity contribution in [2.75, 3.05) is 13.1 Å². The van der Waals surface area contributed by atoms with Crippen molar-refractivity contribution in [3.63, 3.8) is 0 Å². The van der Waals surface area contributed by atoms with Gasteiger partial charge in [0, 0.05) is 13.1 Å². The van der Waals surface area contributed by atoms with Gasteiger partial charge in [0.1, 0.15) is 0 Å². The van der Waals surface area contributed by atoms with E-state index in [9.17, 15) is 0 Å². The molecule has 5 nitrogen and oxygen atoms in total. The third kappa shape index (κ3) is 23.0. The Hall–Kier alpha value is -0.530. The molecule has 0 saturated heterocycles. The molecule has 0 unspecified atom stereocenters. The number of thiol groups is 1. The van der Waals surface area contributed by atoms with E-state index in [0.717, 1.165) is 25.9 Å². The molecule has 0 aliphatic heterocycles. The standard InChI is InChI=1S/C11H24N2OS.CH3NOS/c1-3-5-7-9-13(14-11(12)15)10-8-6-4-2;2-1(3)4/h3-10H2,1-2H3,(H2,12,15);(H3,2,3,4). The molecule has 0 aromatic carbocycles. The number of carbonyl (C=O) groups excluding carboxylic acids is 1. The predicted molar refractivity (Wildman–Crippen MR) is 87.1 cm³/mol. The summed E-state index contributed by atoms with van der Waals surface area (Å²) in [6, 6.07) is 0. The first kappa shape index (κ1) is 20.8. The molecule has 7 heteroatoms. The Balaban J connectivity index is 0. The molecule has 0 radical (unpaired) electrons. The van der Waals surface area contributed by atoms with Crippen molar-refractivity contribution in [3.05, 3.63) is 0 Å². The number of rotatable bonds is 9. The normalized spacial score (nSPS) is 9.68. The average Bonchev–Trinajstić information content (AvgIpc) is 2.28. The van der Waals surface area contributed by atoms with E-state index in [-0.39, 0.29) is 5.17 Å². The van der Waals surface area contributed by atoms with E-state index >= 15 is 0 Å². The molecule has 0 aromatic heterocycles. The molecule has 0 aliphatic carbocycles. The van der Waals surface area contributed by atoms with Crippen molar-refractivity contribution in [2.45, 2.75) is 52.4 Å². The van der Waals surface area contributed by atoms with Crippen LogP contribution in [0.2, 0.25) is 0 Å². The Bertz CT molecular complexity index is 227. The Labute approximate surface area is 127 Å². The second-order valence-corrected chi connectivity index (χ2v) is 4.93. The average molecular weight is 310 g/mol. The lowest BCUT2D eigenvalue weighted by Gasteiger charge is -2.20. The lowest BCUT2D eigenvalue weighted by molar-refractivity contribution is -0.0731. The second-order valence-electron chi connectivity index (χ2n) is 4.09. The first-order valence-electron chi connectivity index (χ1n) is 6.64. The van der Waals surface area contributed by atoms with Crippen molar-refractivity contribution >= 4 is 35.3 Å². The lowest BCUT2D eigenvalue weighted by atomic mass is 10.2. The molecule has 0 rings (SSSR count). The Morgan fingerprint density at radius 3 is 1.74 bits per heavy atom. The molecule has 0 aliphatic rings. The number of hydrogen-bond donors (Lipinski definition) is 3. The summed E-state index contributed by atoms with van der Waals surface area (Å²) in [7, 11) is 0. The maximum atomic E-state index is 9.09. The fourth-order valence-corrected chi connectivity index (χ4v) is 1.51. The molecule has 19 heavy (non-hydrogen) atoms. The molecule has 0 saturated carbocycles. The number of carbonyl (C=O) groups is 1. The molecular formula is C12H27N3O2S2. The van der Waals surface area contributed by atoms with E-state index in [1.54, 1.807) is 0 Å². The molecule has 1 amide bonds. The van der Waals surface area contributed by atoms with E-state index in [0.29, 0.717) is 0 Å². The summed E-state index contributed by atoms with van der Waals surface area (Å²) in [6.45, 7) is 6.23. The number of hydroxylamine groups is 2. The van der Waals surface area contributed by atoms with Crippen molar-refractivity contribution in [3.8, 4) is 0 Å². The van der Waals surface area contributed by atoms with Crippen LogP contribution in [0.4, 0.5) is 4.79 Å². The van der Waals surface area contributed by atoms with Crippen molar-refractivity contribution < 1.29 is 9.63 Å². The summed E-state index contributed by atoms with van der Waals surface area (Å²) in [5.41, 5.74) is 9.71. The number of thiocarbonyl (C=S) groups is 1.